The summed E-state index contributed by atoms with van der Waals surface area (Å²) >= 11 is 0. The Morgan fingerprint density at radius 3 is 2.71 bits per heavy atom. The average molecular weight is 519 g/mol. The van der Waals surface area contributed by atoms with Crippen molar-refractivity contribution in [3.63, 3.8) is 0 Å². The molecule has 2 aromatic carbocycles. The molecule has 0 radical (unpaired) electrons. The molecule has 0 bridgehead atoms. The number of nitrogens with zero attached hydrogens (tertiary/aromatic N) is 3. The average Bonchev–Trinajstić information content (AvgIpc) is 3.56. The standard InChI is InChI=1S/C27H30N6O5/c1-27(2,3)23-13-24(33-38-23)32-26(34)31-16-6-5-7-17(10-16)37-25-19-11-21(35-4)22(12-20(19)29-15-30-25)36-18-8-9-28-14-18/h5-7,10-13,15,18,28H,8-9,14H2,1-4H3,(H2,31,32,33,34)/t18-/m1/s1. The molecular formula is C27H30N6O5. The minimum atomic E-state index is -0.460. The first kappa shape index (κ1) is 25.3. The van der Waals surface area contributed by atoms with Gasteiger partial charge in [-0.2, -0.15) is 0 Å². The fourth-order valence-corrected chi connectivity index (χ4v) is 4.00. The van der Waals surface area contributed by atoms with Gasteiger partial charge in [-0.15, -0.1) is 0 Å². The van der Waals surface area contributed by atoms with Gasteiger partial charge in [0.2, 0.25) is 5.88 Å². The third kappa shape index (κ3) is 5.78. The largest absolute Gasteiger partial charge is 0.493 e. The molecule has 1 aliphatic rings. The number of benzene rings is 2. The predicted octanol–water partition coefficient (Wildman–Crippen LogP) is 5.10. The van der Waals surface area contributed by atoms with Crippen LogP contribution in [0.2, 0.25) is 0 Å². The summed E-state index contributed by atoms with van der Waals surface area (Å²) in [5.41, 5.74) is 0.968. The highest BCUT2D eigenvalue weighted by atomic mass is 16.5. The van der Waals surface area contributed by atoms with Crippen LogP contribution in [0.5, 0.6) is 23.1 Å². The number of anilines is 2. The van der Waals surface area contributed by atoms with Gasteiger partial charge in [-0.1, -0.05) is 32.0 Å². The van der Waals surface area contributed by atoms with Gasteiger partial charge in [0.05, 0.1) is 18.0 Å². The van der Waals surface area contributed by atoms with Crippen molar-refractivity contribution in [2.45, 2.75) is 38.7 Å². The summed E-state index contributed by atoms with van der Waals surface area (Å²) in [6.45, 7) is 7.72. The Hall–Kier alpha value is -4.38. The van der Waals surface area contributed by atoms with Crippen molar-refractivity contribution in [2.75, 3.05) is 30.8 Å². The maximum Gasteiger partial charge on any atom is 0.324 e. The fraction of sp³-hybridized carbons (Fsp3) is 0.333. The second kappa shape index (κ2) is 10.5. The molecule has 2 amide bonds. The van der Waals surface area contributed by atoms with E-state index >= 15 is 0 Å². The van der Waals surface area contributed by atoms with Crippen molar-refractivity contribution in [1.29, 1.82) is 0 Å². The highest BCUT2D eigenvalue weighted by Crippen LogP contribution is 2.37. The van der Waals surface area contributed by atoms with Gasteiger partial charge in [0.25, 0.3) is 0 Å². The Morgan fingerprint density at radius 1 is 1.11 bits per heavy atom. The lowest BCUT2D eigenvalue weighted by atomic mass is 9.93. The van der Waals surface area contributed by atoms with Gasteiger partial charge in [0.15, 0.2) is 17.3 Å². The van der Waals surface area contributed by atoms with Crippen LogP contribution in [-0.2, 0) is 5.41 Å². The number of rotatable bonds is 7. The Kier molecular flexibility index (Phi) is 7.01. The molecule has 38 heavy (non-hydrogen) atoms. The third-order valence-corrected chi connectivity index (χ3v) is 5.99. The maximum atomic E-state index is 12.5. The molecule has 1 fully saturated rings. The highest BCUT2D eigenvalue weighted by Gasteiger charge is 2.21. The number of carbonyl (C=O) groups excluding carboxylic acids is 1. The van der Waals surface area contributed by atoms with Gasteiger partial charge < -0.3 is 29.4 Å². The summed E-state index contributed by atoms with van der Waals surface area (Å²) in [7, 11) is 1.59. The van der Waals surface area contributed by atoms with Crippen molar-refractivity contribution in [1.82, 2.24) is 20.4 Å². The van der Waals surface area contributed by atoms with Crippen LogP contribution >= 0.6 is 0 Å². The van der Waals surface area contributed by atoms with E-state index in [4.69, 9.17) is 18.7 Å². The number of carbonyl (C=O) groups is 1. The maximum absolute atomic E-state index is 12.5. The number of aromatic nitrogens is 3. The normalized spacial score (nSPS) is 15.3. The molecule has 1 atom stereocenters. The van der Waals surface area contributed by atoms with E-state index in [2.05, 4.69) is 31.1 Å². The molecule has 3 heterocycles. The molecule has 11 nitrogen and oxygen atoms in total. The van der Waals surface area contributed by atoms with Crippen molar-refractivity contribution in [2.24, 2.45) is 0 Å². The van der Waals surface area contributed by atoms with Gasteiger partial charge >= 0.3 is 6.03 Å². The van der Waals surface area contributed by atoms with Crippen LogP contribution in [0.1, 0.15) is 33.0 Å². The third-order valence-electron chi connectivity index (χ3n) is 5.99. The Bertz CT molecular complexity index is 1440. The van der Waals surface area contributed by atoms with E-state index in [9.17, 15) is 4.79 Å². The molecule has 11 heteroatoms. The smallest absolute Gasteiger partial charge is 0.324 e. The number of fused-ring (bicyclic) bond motifs is 1. The molecule has 0 spiro atoms. The van der Waals surface area contributed by atoms with Crippen LogP contribution in [0.25, 0.3) is 10.9 Å². The van der Waals surface area contributed by atoms with E-state index in [0.717, 1.165) is 19.5 Å². The minimum Gasteiger partial charge on any atom is -0.493 e. The molecule has 0 aliphatic carbocycles. The topological polar surface area (TPSA) is 133 Å². The van der Waals surface area contributed by atoms with Crippen molar-refractivity contribution >= 4 is 28.4 Å². The van der Waals surface area contributed by atoms with Gasteiger partial charge in [-0.3, -0.25) is 5.32 Å². The summed E-state index contributed by atoms with van der Waals surface area (Å²) < 4.78 is 23.1. The van der Waals surface area contributed by atoms with Crippen LogP contribution < -0.4 is 30.2 Å². The Morgan fingerprint density at radius 2 is 1.97 bits per heavy atom. The fourth-order valence-electron chi connectivity index (χ4n) is 4.00. The van der Waals surface area contributed by atoms with Crippen molar-refractivity contribution < 1.29 is 23.5 Å². The van der Waals surface area contributed by atoms with Crippen LogP contribution in [0, 0.1) is 0 Å². The first-order valence-electron chi connectivity index (χ1n) is 12.3. The predicted molar refractivity (Wildman–Crippen MR) is 142 cm³/mol. The van der Waals surface area contributed by atoms with E-state index in [-0.39, 0.29) is 11.5 Å². The summed E-state index contributed by atoms with van der Waals surface area (Å²) in [6.07, 6.45) is 2.44. The minimum absolute atomic E-state index is 0.0798. The second-order valence-corrected chi connectivity index (χ2v) is 9.97. The van der Waals surface area contributed by atoms with E-state index in [0.29, 0.717) is 51.3 Å². The Labute approximate surface area is 219 Å². The van der Waals surface area contributed by atoms with Crippen molar-refractivity contribution in [3.8, 4) is 23.1 Å². The number of amides is 2. The van der Waals surface area contributed by atoms with Crippen LogP contribution in [0.15, 0.2) is 53.3 Å². The lowest BCUT2D eigenvalue weighted by molar-refractivity contribution is 0.213. The molecule has 198 valence electrons. The molecule has 5 rings (SSSR count). The number of nitrogens with one attached hydrogen (secondary N) is 3. The molecule has 3 N–H and O–H groups in total. The van der Waals surface area contributed by atoms with E-state index in [1.807, 2.05) is 32.9 Å². The quantitative estimate of drug-likeness (QED) is 0.305. The zero-order valence-electron chi connectivity index (χ0n) is 21.7. The lowest BCUT2D eigenvalue weighted by Crippen LogP contribution is -2.19. The number of hydrogen-bond donors (Lipinski definition) is 3. The van der Waals surface area contributed by atoms with Crippen LogP contribution in [0.3, 0.4) is 0 Å². The number of methoxy groups -OCH3 is 1. The second-order valence-electron chi connectivity index (χ2n) is 9.97. The van der Waals surface area contributed by atoms with E-state index in [1.54, 1.807) is 37.4 Å². The molecule has 0 saturated carbocycles. The first-order chi connectivity index (χ1) is 18.3. The first-order valence-corrected chi connectivity index (χ1v) is 12.3. The number of urea groups is 1. The van der Waals surface area contributed by atoms with Gasteiger partial charge in [-0.05, 0) is 31.2 Å². The lowest BCUT2D eigenvalue weighted by Gasteiger charge is -2.16. The van der Waals surface area contributed by atoms with Gasteiger partial charge in [0.1, 0.15) is 23.9 Å². The summed E-state index contributed by atoms with van der Waals surface area (Å²) in [5.74, 6) is 3.02. The summed E-state index contributed by atoms with van der Waals surface area (Å²) in [6, 6.07) is 11.9. The molecule has 0 unspecified atom stereocenters. The molecular weight excluding hydrogens is 488 g/mol. The number of ether oxygens (including phenoxy) is 3. The monoisotopic (exact) mass is 518 g/mol. The van der Waals surface area contributed by atoms with Crippen molar-refractivity contribution in [3.05, 3.63) is 54.6 Å². The molecule has 1 saturated heterocycles. The Balaban J connectivity index is 1.31. The summed E-state index contributed by atoms with van der Waals surface area (Å²) in [5, 5.41) is 13.3. The zero-order valence-corrected chi connectivity index (χ0v) is 21.7. The van der Waals surface area contributed by atoms with Gasteiger partial charge in [-0.25, -0.2) is 14.8 Å². The highest BCUT2D eigenvalue weighted by molar-refractivity contribution is 5.99. The molecule has 4 aromatic rings. The number of hydrogen-bond acceptors (Lipinski definition) is 9. The van der Waals surface area contributed by atoms with E-state index < -0.39 is 6.03 Å². The van der Waals surface area contributed by atoms with E-state index in [1.165, 1.54) is 6.33 Å². The van der Waals surface area contributed by atoms with Crippen LogP contribution in [0.4, 0.5) is 16.3 Å². The molecule has 1 aliphatic heterocycles. The summed E-state index contributed by atoms with van der Waals surface area (Å²) in [4.78, 5) is 21.2. The van der Waals surface area contributed by atoms with Crippen LogP contribution in [-0.4, -0.2) is 47.5 Å². The SMILES string of the molecule is COc1cc2c(Oc3cccc(NC(=O)Nc4cc(C(C)(C)C)on4)c3)ncnc2cc1O[C@@H]1CCNC1. The zero-order chi connectivity index (χ0) is 26.7. The van der Waals surface area contributed by atoms with Gasteiger partial charge in [0, 0.05) is 35.8 Å². The molecule has 2 aromatic heterocycles.